The molecule has 7 nitrogen and oxygen atoms in total. The molecule has 0 amide bonds. The molecule has 0 saturated carbocycles. The molecule has 19 heavy (non-hydrogen) atoms. The van der Waals surface area contributed by atoms with Crippen molar-refractivity contribution in [3.05, 3.63) is 33.4 Å². The molecule has 0 unspecified atom stereocenters. The van der Waals surface area contributed by atoms with Gasteiger partial charge in [-0.3, -0.25) is 10.1 Å². The van der Waals surface area contributed by atoms with E-state index in [1.807, 2.05) is 0 Å². The van der Waals surface area contributed by atoms with Gasteiger partial charge in [0.15, 0.2) is 0 Å². The fraction of sp³-hybridized carbons (Fsp3) is 0.417. The molecule has 0 aliphatic carbocycles. The summed E-state index contributed by atoms with van der Waals surface area (Å²) in [6, 6.07) is 2.32. The lowest BCUT2D eigenvalue weighted by atomic mass is 10.1. The van der Waals surface area contributed by atoms with Crippen LogP contribution in [0.25, 0.3) is 0 Å². The van der Waals surface area contributed by atoms with E-state index in [-0.39, 0.29) is 17.0 Å². The molecule has 1 aromatic carbocycles. The van der Waals surface area contributed by atoms with Crippen molar-refractivity contribution < 1.29 is 24.3 Å². The number of nitro benzene ring substituents is 1. The van der Waals surface area contributed by atoms with Gasteiger partial charge in [0, 0.05) is 26.2 Å². The van der Waals surface area contributed by atoms with Crippen LogP contribution in [0.2, 0.25) is 0 Å². The Morgan fingerprint density at radius 1 is 1.42 bits per heavy atom. The molecule has 0 saturated heterocycles. The maximum absolute atomic E-state index is 10.9. The molecule has 0 radical (unpaired) electrons. The van der Waals surface area contributed by atoms with Gasteiger partial charge in [-0.25, -0.2) is 4.79 Å². The van der Waals surface area contributed by atoms with Gasteiger partial charge < -0.3 is 14.6 Å². The van der Waals surface area contributed by atoms with E-state index in [0.717, 1.165) is 6.07 Å². The van der Waals surface area contributed by atoms with Gasteiger partial charge in [0.1, 0.15) is 5.75 Å². The molecule has 0 heterocycles. The highest BCUT2D eigenvalue weighted by Crippen LogP contribution is 2.29. The molecule has 1 N–H and O–H groups in total. The summed E-state index contributed by atoms with van der Waals surface area (Å²) in [6.45, 7) is 2.32. The number of methoxy groups -OCH3 is 1. The van der Waals surface area contributed by atoms with E-state index in [2.05, 4.69) is 0 Å². The van der Waals surface area contributed by atoms with Gasteiger partial charge in [0.05, 0.1) is 22.7 Å². The number of hydrogen-bond acceptors (Lipinski definition) is 5. The third kappa shape index (κ3) is 3.92. The highest BCUT2D eigenvalue weighted by Gasteiger charge is 2.19. The van der Waals surface area contributed by atoms with Crippen LogP contribution in [0.5, 0.6) is 5.75 Å². The standard InChI is InChI=1S/C12H15NO6/c1-8-10(13(16)17)6-9(12(14)15)7-11(8)19-5-3-4-18-2/h6-7H,3-5H2,1-2H3,(H,14,15). The third-order valence-electron chi connectivity index (χ3n) is 2.53. The molecule has 0 bridgehead atoms. The summed E-state index contributed by atoms with van der Waals surface area (Å²) in [7, 11) is 1.56. The minimum Gasteiger partial charge on any atom is -0.493 e. The summed E-state index contributed by atoms with van der Waals surface area (Å²) in [6.07, 6.45) is 0.612. The SMILES string of the molecule is COCCCOc1cc(C(=O)O)cc([N+](=O)[O-])c1C. The average Bonchev–Trinajstić information content (AvgIpc) is 2.35. The van der Waals surface area contributed by atoms with Gasteiger partial charge in [-0.15, -0.1) is 0 Å². The Kier molecular flexibility index (Phi) is 5.25. The second-order valence-corrected chi connectivity index (χ2v) is 3.88. The van der Waals surface area contributed by atoms with Crippen molar-refractivity contribution >= 4 is 11.7 Å². The second-order valence-electron chi connectivity index (χ2n) is 3.88. The monoisotopic (exact) mass is 269 g/mol. The Balaban J connectivity index is 3.01. The Morgan fingerprint density at radius 2 is 2.11 bits per heavy atom. The number of nitrogens with zero attached hydrogens (tertiary/aromatic N) is 1. The topological polar surface area (TPSA) is 98.9 Å². The van der Waals surface area contributed by atoms with E-state index in [9.17, 15) is 14.9 Å². The molecule has 0 aliphatic rings. The third-order valence-corrected chi connectivity index (χ3v) is 2.53. The van der Waals surface area contributed by atoms with Crippen LogP contribution in [-0.4, -0.2) is 36.3 Å². The van der Waals surface area contributed by atoms with Gasteiger partial charge in [-0.05, 0) is 13.0 Å². The molecule has 0 spiro atoms. The quantitative estimate of drug-likeness (QED) is 0.462. The van der Waals surface area contributed by atoms with E-state index in [1.165, 1.54) is 13.0 Å². The number of aromatic carboxylic acids is 1. The minimum atomic E-state index is -1.23. The first-order valence-electron chi connectivity index (χ1n) is 5.61. The van der Waals surface area contributed by atoms with Crippen LogP contribution in [0.3, 0.4) is 0 Å². The predicted octanol–water partition coefficient (Wildman–Crippen LogP) is 2.02. The molecule has 0 fully saturated rings. The van der Waals surface area contributed by atoms with Gasteiger partial charge in [-0.2, -0.15) is 0 Å². The maximum atomic E-state index is 10.9. The Labute approximate surface area is 109 Å². The smallest absolute Gasteiger partial charge is 0.336 e. The lowest BCUT2D eigenvalue weighted by Gasteiger charge is -2.10. The van der Waals surface area contributed by atoms with Gasteiger partial charge in [-0.1, -0.05) is 0 Å². The zero-order valence-corrected chi connectivity index (χ0v) is 10.7. The molecular weight excluding hydrogens is 254 g/mol. The van der Waals surface area contributed by atoms with E-state index < -0.39 is 10.9 Å². The Bertz CT molecular complexity index is 485. The second kappa shape index (κ2) is 6.69. The number of benzene rings is 1. The molecule has 0 aromatic heterocycles. The van der Waals surface area contributed by atoms with Crippen LogP contribution >= 0.6 is 0 Å². The summed E-state index contributed by atoms with van der Waals surface area (Å²) in [5.41, 5.74) is -0.118. The van der Waals surface area contributed by atoms with Crippen LogP contribution in [0, 0.1) is 17.0 Å². The first-order chi connectivity index (χ1) is 8.97. The van der Waals surface area contributed by atoms with Gasteiger partial charge in [0.2, 0.25) is 0 Å². The molecular formula is C12H15NO6. The maximum Gasteiger partial charge on any atom is 0.336 e. The minimum absolute atomic E-state index is 0.168. The molecule has 104 valence electrons. The molecule has 0 aliphatic heterocycles. The van der Waals surface area contributed by atoms with Crippen molar-refractivity contribution in [1.29, 1.82) is 0 Å². The van der Waals surface area contributed by atoms with Crippen LogP contribution in [-0.2, 0) is 4.74 Å². The number of carboxylic acid groups (broad SMARTS) is 1. The van der Waals surface area contributed by atoms with Crippen molar-refractivity contribution in [2.45, 2.75) is 13.3 Å². The lowest BCUT2D eigenvalue weighted by molar-refractivity contribution is -0.385. The Hall–Kier alpha value is -2.15. The van der Waals surface area contributed by atoms with Crippen LogP contribution in [0.1, 0.15) is 22.3 Å². The first kappa shape index (κ1) is 14.9. The normalized spacial score (nSPS) is 10.2. The number of ether oxygens (including phenoxy) is 2. The fourth-order valence-electron chi connectivity index (χ4n) is 1.52. The van der Waals surface area contributed by atoms with Crippen molar-refractivity contribution in [3.63, 3.8) is 0 Å². The van der Waals surface area contributed by atoms with Crippen LogP contribution in [0.4, 0.5) is 5.69 Å². The summed E-state index contributed by atoms with van der Waals surface area (Å²) >= 11 is 0. The highest BCUT2D eigenvalue weighted by molar-refractivity contribution is 5.89. The highest BCUT2D eigenvalue weighted by atomic mass is 16.6. The lowest BCUT2D eigenvalue weighted by Crippen LogP contribution is -2.06. The van der Waals surface area contributed by atoms with Crippen molar-refractivity contribution in [3.8, 4) is 5.75 Å². The number of rotatable bonds is 7. The Morgan fingerprint density at radius 3 is 2.63 bits per heavy atom. The number of hydrogen-bond donors (Lipinski definition) is 1. The molecule has 7 heteroatoms. The number of carboxylic acids is 1. The van der Waals surface area contributed by atoms with Crippen LogP contribution < -0.4 is 4.74 Å². The van der Waals surface area contributed by atoms with E-state index in [1.54, 1.807) is 7.11 Å². The molecule has 0 atom stereocenters. The zero-order valence-electron chi connectivity index (χ0n) is 10.7. The molecule has 1 rings (SSSR count). The number of carbonyl (C=O) groups is 1. The summed E-state index contributed by atoms with van der Waals surface area (Å²) in [4.78, 5) is 21.2. The van der Waals surface area contributed by atoms with E-state index in [4.69, 9.17) is 14.6 Å². The zero-order chi connectivity index (χ0) is 14.4. The van der Waals surface area contributed by atoms with Gasteiger partial charge in [0.25, 0.3) is 5.69 Å². The number of nitro groups is 1. The van der Waals surface area contributed by atoms with Gasteiger partial charge >= 0.3 is 5.97 Å². The van der Waals surface area contributed by atoms with Crippen LogP contribution in [0.15, 0.2) is 12.1 Å². The van der Waals surface area contributed by atoms with E-state index >= 15 is 0 Å². The van der Waals surface area contributed by atoms with Crippen molar-refractivity contribution in [1.82, 2.24) is 0 Å². The first-order valence-corrected chi connectivity index (χ1v) is 5.61. The largest absolute Gasteiger partial charge is 0.493 e. The van der Waals surface area contributed by atoms with E-state index in [0.29, 0.717) is 25.2 Å². The average molecular weight is 269 g/mol. The summed E-state index contributed by atoms with van der Waals surface area (Å²) < 4.78 is 10.2. The molecule has 1 aromatic rings. The van der Waals surface area contributed by atoms with Crippen molar-refractivity contribution in [2.75, 3.05) is 20.3 Å². The fourth-order valence-corrected chi connectivity index (χ4v) is 1.52. The summed E-state index contributed by atoms with van der Waals surface area (Å²) in [5.74, 6) is -1.02. The predicted molar refractivity (Wildman–Crippen MR) is 66.8 cm³/mol. The summed E-state index contributed by atoms with van der Waals surface area (Å²) in [5, 5.41) is 19.8. The van der Waals surface area contributed by atoms with Crippen molar-refractivity contribution in [2.24, 2.45) is 0 Å².